The maximum Gasteiger partial charge on any atom is 0.326 e. The monoisotopic (exact) mass is 415 g/mol. The Morgan fingerprint density at radius 1 is 1.28 bits per heavy atom. The quantitative estimate of drug-likeness (QED) is 0.771. The molecule has 0 bridgehead atoms. The van der Waals surface area contributed by atoms with Crippen LogP contribution < -0.4 is 5.32 Å². The Bertz CT molecular complexity index is 957. The molecule has 0 aromatic heterocycles. The smallest absolute Gasteiger partial charge is 0.307 e. The molecular formula is C22H23ClFN3O2. The van der Waals surface area contributed by atoms with Gasteiger partial charge in [0.2, 0.25) is 0 Å². The Balaban J connectivity index is 1.87. The molecule has 152 valence electrons. The first-order valence-corrected chi connectivity index (χ1v) is 9.62. The number of amides is 2. The summed E-state index contributed by atoms with van der Waals surface area (Å²) in [6, 6.07) is 8.65. The average molecular weight is 416 g/mol. The molecule has 0 radical (unpaired) electrons. The Morgan fingerprint density at radius 3 is 2.62 bits per heavy atom. The van der Waals surface area contributed by atoms with Gasteiger partial charge in [-0.05, 0) is 68.1 Å². The minimum atomic E-state index is -0.498. The van der Waals surface area contributed by atoms with E-state index < -0.39 is 6.04 Å². The van der Waals surface area contributed by atoms with Gasteiger partial charge in [0.15, 0.2) is 5.78 Å². The van der Waals surface area contributed by atoms with Gasteiger partial charge in [0.25, 0.3) is 0 Å². The van der Waals surface area contributed by atoms with E-state index in [1.165, 1.54) is 29.3 Å². The van der Waals surface area contributed by atoms with Crippen LogP contribution in [0.2, 0.25) is 5.02 Å². The molecule has 0 unspecified atom stereocenters. The van der Waals surface area contributed by atoms with E-state index in [9.17, 15) is 14.0 Å². The highest BCUT2D eigenvalue weighted by Gasteiger charge is 2.29. The van der Waals surface area contributed by atoms with E-state index in [4.69, 9.17) is 11.6 Å². The molecule has 2 aromatic rings. The highest BCUT2D eigenvalue weighted by molar-refractivity contribution is 6.31. The predicted octanol–water partition coefficient (Wildman–Crippen LogP) is 4.91. The lowest BCUT2D eigenvalue weighted by Gasteiger charge is -2.31. The van der Waals surface area contributed by atoms with Crippen LogP contribution in [0, 0.1) is 12.7 Å². The SMILES string of the molecule is Cc1cc(Cl)c(CN(C)C)cc1NC(=O)N1C=CC(=O)C[C@H]1c1ccc(F)cc1. The van der Waals surface area contributed by atoms with Crippen molar-refractivity contribution >= 4 is 29.1 Å². The van der Waals surface area contributed by atoms with Crippen molar-refractivity contribution in [2.24, 2.45) is 0 Å². The summed E-state index contributed by atoms with van der Waals surface area (Å²) in [6.07, 6.45) is 2.99. The zero-order valence-electron chi connectivity index (χ0n) is 16.6. The summed E-state index contributed by atoms with van der Waals surface area (Å²) in [5.41, 5.74) is 3.08. The zero-order chi connectivity index (χ0) is 21.1. The summed E-state index contributed by atoms with van der Waals surface area (Å²) in [7, 11) is 3.88. The highest BCUT2D eigenvalue weighted by atomic mass is 35.5. The van der Waals surface area contributed by atoms with Crippen LogP contribution in [0.25, 0.3) is 0 Å². The molecule has 5 nitrogen and oxygen atoms in total. The molecular weight excluding hydrogens is 393 g/mol. The van der Waals surface area contributed by atoms with E-state index in [-0.39, 0.29) is 24.1 Å². The van der Waals surface area contributed by atoms with Crippen molar-refractivity contribution in [3.63, 3.8) is 0 Å². The lowest BCUT2D eigenvalue weighted by molar-refractivity contribution is -0.116. The number of rotatable bonds is 4. The van der Waals surface area contributed by atoms with Crippen LogP contribution in [0.1, 0.15) is 29.2 Å². The van der Waals surface area contributed by atoms with Gasteiger partial charge in [-0.1, -0.05) is 23.7 Å². The Hall–Kier alpha value is -2.70. The fraction of sp³-hybridized carbons (Fsp3) is 0.273. The number of allylic oxidation sites excluding steroid dienone is 1. The third kappa shape index (κ3) is 5.02. The molecule has 7 heteroatoms. The van der Waals surface area contributed by atoms with Gasteiger partial charge >= 0.3 is 6.03 Å². The topological polar surface area (TPSA) is 52.7 Å². The molecule has 1 heterocycles. The van der Waals surface area contributed by atoms with Crippen LogP contribution in [0.4, 0.5) is 14.9 Å². The van der Waals surface area contributed by atoms with Crippen molar-refractivity contribution in [3.05, 3.63) is 76.2 Å². The van der Waals surface area contributed by atoms with Gasteiger partial charge in [-0.15, -0.1) is 0 Å². The largest absolute Gasteiger partial charge is 0.326 e. The van der Waals surface area contributed by atoms with Crippen molar-refractivity contribution in [1.29, 1.82) is 0 Å². The number of urea groups is 1. The Morgan fingerprint density at radius 2 is 1.97 bits per heavy atom. The third-order valence-corrected chi connectivity index (χ3v) is 5.11. The number of aryl methyl sites for hydroxylation is 1. The number of benzene rings is 2. The lowest BCUT2D eigenvalue weighted by atomic mass is 9.97. The van der Waals surface area contributed by atoms with Crippen LogP contribution in [-0.2, 0) is 11.3 Å². The van der Waals surface area contributed by atoms with Gasteiger partial charge in [0.1, 0.15) is 5.82 Å². The average Bonchev–Trinajstić information content (AvgIpc) is 2.65. The first kappa shape index (κ1) is 21.0. The van der Waals surface area contributed by atoms with Crippen LogP contribution in [-0.4, -0.2) is 35.7 Å². The number of anilines is 1. The molecule has 0 spiro atoms. The second-order valence-electron chi connectivity index (χ2n) is 7.39. The van der Waals surface area contributed by atoms with E-state index >= 15 is 0 Å². The number of halogens is 2. The van der Waals surface area contributed by atoms with Crippen molar-refractivity contribution in [3.8, 4) is 0 Å². The van der Waals surface area contributed by atoms with E-state index in [2.05, 4.69) is 5.32 Å². The number of ketones is 1. The zero-order valence-corrected chi connectivity index (χ0v) is 17.3. The molecule has 2 amide bonds. The lowest BCUT2D eigenvalue weighted by Crippen LogP contribution is -2.37. The van der Waals surface area contributed by atoms with Crippen LogP contribution in [0.5, 0.6) is 0 Å². The first-order chi connectivity index (χ1) is 13.7. The number of carbonyl (C=O) groups is 2. The first-order valence-electron chi connectivity index (χ1n) is 9.24. The van der Waals surface area contributed by atoms with Gasteiger partial charge in [-0.25, -0.2) is 9.18 Å². The summed E-state index contributed by atoms with van der Waals surface area (Å²) < 4.78 is 13.3. The molecule has 0 fully saturated rings. The molecule has 1 aliphatic heterocycles. The molecule has 1 N–H and O–H groups in total. The van der Waals surface area contributed by atoms with Crippen LogP contribution in [0.15, 0.2) is 48.7 Å². The van der Waals surface area contributed by atoms with Crippen molar-refractivity contribution in [1.82, 2.24) is 9.80 Å². The molecule has 0 aliphatic carbocycles. The fourth-order valence-corrected chi connectivity index (χ4v) is 3.57. The Kier molecular flexibility index (Phi) is 6.35. The standard InChI is InChI=1S/C22H23ClFN3O2/c1-14-10-19(23)16(13-26(2)3)11-20(14)25-22(29)27-9-8-18(28)12-21(27)15-4-6-17(24)7-5-15/h4-11,21H,12-13H2,1-3H3,(H,25,29)/t21-/m0/s1. The summed E-state index contributed by atoms with van der Waals surface area (Å²) in [4.78, 5) is 28.4. The van der Waals surface area contributed by atoms with Crippen LogP contribution in [0.3, 0.4) is 0 Å². The van der Waals surface area contributed by atoms with Crippen molar-refractivity contribution in [2.45, 2.75) is 25.9 Å². The molecule has 3 rings (SSSR count). The minimum absolute atomic E-state index is 0.0840. The number of hydrogen-bond acceptors (Lipinski definition) is 3. The maximum atomic E-state index is 13.3. The van der Waals surface area contributed by atoms with E-state index in [1.54, 1.807) is 12.1 Å². The summed E-state index contributed by atoms with van der Waals surface area (Å²) >= 11 is 6.33. The van der Waals surface area contributed by atoms with Gasteiger partial charge < -0.3 is 10.2 Å². The second kappa shape index (κ2) is 8.76. The van der Waals surface area contributed by atoms with Crippen molar-refractivity contribution < 1.29 is 14.0 Å². The van der Waals surface area contributed by atoms with E-state index in [0.717, 1.165) is 11.1 Å². The number of hydrogen-bond donors (Lipinski definition) is 1. The molecule has 1 aliphatic rings. The summed E-state index contributed by atoms with van der Waals surface area (Å²) in [5, 5.41) is 3.56. The summed E-state index contributed by atoms with van der Waals surface area (Å²) in [6.45, 7) is 2.51. The molecule has 2 aromatic carbocycles. The fourth-order valence-electron chi connectivity index (χ4n) is 3.29. The molecule has 0 saturated carbocycles. The number of nitrogens with one attached hydrogen (secondary N) is 1. The van der Waals surface area contributed by atoms with Gasteiger partial charge in [-0.2, -0.15) is 0 Å². The van der Waals surface area contributed by atoms with E-state index in [1.807, 2.05) is 38.1 Å². The number of carbonyl (C=O) groups excluding carboxylic acids is 2. The minimum Gasteiger partial charge on any atom is -0.307 e. The van der Waals surface area contributed by atoms with Crippen molar-refractivity contribution in [2.75, 3.05) is 19.4 Å². The second-order valence-corrected chi connectivity index (χ2v) is 7.79. The number of nitrogens with zero attached hydrogens (tertiary/aromatic N) is 2. The van der Waals surface area contributed by atoms with Gasteiger partial charge in [0.05, 0.1) is 6.04 Å². The maximum absolute atomic E-state index is 13.3. The summed E-state index contributed by atoms with van der Waals surface area (Å²) in [5.74, 6) is -0.452. The predicted molar refractivity (Wildman–Crippen MR) is 112 cm³/mol. The molecule has 29 heavy (non-hydrogen) atoms. The Labute approximate surface area is 174 Å². The third-order valence-electron chi connectivity index (χ3n) is 4.76. The normalized spacial score (nSPS) is 16.4. The van der Waals surface area contributed by atoms with Gasteiger partial charge in [0, 0.05) is 29.9 Å². The van der Waals surface area contributed by atoms with Crippen LogP contribution >= 0.6 is 11.6 Å². The van der Waals surface area contributed by atoms with Gasteiger partial charge in [-0.3, -0.25) is 9.69 Å². The van der Waals surface area contributed by atoms with E-state index in [0.29, 0.717) is 22.8 Å². The molecule has 0 saturated heterocycles. The highest BCUT2D eigenvalue weighted by Crippen LogP contribution is 2.31. The molecule has 1 atom stereocenters.